The highest BCUT2D eigenvalue weighted by Gasteiger charge is 2.19. The Bertz CT molecular complexity index is 4000. The van der Waals surface area contributed by atoms with Crippen molar-refractivity contribution in [2.75, 3.05) is 9.80 Å². The topological polar surface area (TPSA) is 32.3 Å². The minimum Gasteiger partial charge on any atom is -0.311 e. The molecule has 328 valence electrons. The molecular formula is C66H44N4. The summed E-state index contributed by atoms with van der Waals surface area (Å²) in [5, 5.41) is 8.03. The molecule has 0 N–H and O–H groups in total. The van der Waals surface area contributed by atoms with Crippen LogP contribution in [0.1, 0.15) is 0 Å². The maximum Gasteiger partial charge on any atom is 0.0978 e. The molecule has 0 aliphatic rings. The average Bonchev–Trinajstić information content (AvgIpc) is 3.43. The highest BCUT2D eigenvalue weighted by molar-refractivity contribution is 6.16. The van der Waals surface area contributed by atoms with Gasteiger partial charge >= 0.3 is 0 Å². The molecule has 0 aliphatic carbocycles. The largest absolute Gasteiger partial charge is 0.311 e. The molecule has 0 bridgehead atoms. The Balaban J connectivity index is 0.890. The van der Waals surface area contributed by atoms with Gasteiger partial charge in [-0.3, -0.25) is 0 Å². The van der Waals surface area contributed by atoms with E-state index in [-0.39, 0.29) is 0 Å². The van der Waals surface area contributed by atoms with Crippen LogP contribution in [0.15, 0.2) is 267 Å². The number of nitrogens with zero attached hydrogens (tertiary/aromatic N) is 4. The Kier molecular flexibility index (Phi) is 10.1. The Morgan fingerprint density at radius 1 is 0.257 bits per heavy atom. The summed E-state index contributed by atoms with van der Waals surface area (Å²) in [6.07, 6.45) is 0. The number of hydrogen-bond acceptors (Lipinski definition) is 4. The van der Waals surface area contributed by atoms with Crippen LogP contribution in [-0.4, -0.2) is 9.97 Å². The number of pyridine rings is 2. The smallest absolute Gasteiger partial charge is 0.0978 e. The maximum absolute atomic E-state index is 5.45. The normalized spacial score (nSPS) is 11.4. The van der Waals surface area contributed by atoms with Gasteiger partial charge in [-0.15, -0.1) is 0 Å². The molecule has 70 heavy (non-hydrogen) atoms. The predicted octanol–water partition coefficient (Wildman–Crippen LogP) is 18.2. The van der Waals surface area contributed by atoms with Gasteiger partial charge in [0.05, 0.1) is 22.2 Å². The van der Waals surface area contributed by atoms with Gasteiger partial charge in [-0.25, -0.2) is 9.97 Å². The van der Waals surface area contributed by atoms with Gasteiger partial charge in [0.15, 0.2) is 0 Å². The summed E-state index contributed by atoms with van der Waals surface area (Å²) in [5.74, 6) is 0. The first-order valence-electron chi connectivity index (χ1n) is 23.8. The molecule has 13 rings (SSSR count). The number of rotatable bonds is 9. The van der Waals surface area contributed by atoms with Crippen LogP contribution in [-0.2, 0) is 0 Å². The van der Waals surface area contributed by atoms with Gasteiger partial charge in [-0.05, 0) is 123 Å². The lowest BCUT2D eigenvalue weighted by Gasteiger charge is -2.28. The van der Waals surface area contributed by atoms with E-state index in [0.717, 1.165) is 89.0 Å². The second-order valence-corrected chi connectivity index (χ2v) is 17.7. The van der Waals surface area contributed by atoms with Gasteiger partial charge in [0.2, 0.25) is 0 Å². The van der Waals surface area contributed by atoms with Crippen molar-refractivity contribution < 1.29 is 0 Å². The third-order valence-corrected chi connectivity index (χ3v) is 13.6. The zero-order chi connectivity index (χ0) is 46.4. The van der Waals surface area contributed by atoms with Crippen molar-refractivity contribution in [3.05, 3.63) is 267 Å². The number of anilines is 6. The molecule has 11 aromatic carbocycles. The molecule has 2 heterocycles. The molecule has 13 aromatic rings. The van der Waals surface area contributed by atoms with E-state index in [1.54, 1.807) is 0 Å². The summed E-state index contributed by atoms with van der Waals surface area (Å²) in [7, 11) is 0. The molecule has 0 spiro atoms. The zero-order valence-electron chi connectivity index (χ0n) is 38.2. The minimum atomic E-state index is 0.900. The Morgan fingerprint density at radius 3 is 1.43 bits per heavy atom. The lowest BCUT2D eigenvalue weighted by molar-refractivity contribution is 1.26. The standard InChI is InChI=1S/C66H44N4/c1-4-17-47(18-5-1)64-60-26-14-15-27-62(60)68-66-61(64)40-31-48-32-43-63(67-65(48)66)59-42-41-56(57-24-12-13-25-58(57)59)46-29-33-52(34-30-46)70(55-35-28-45-16-10-11-19-49(45)44-55)54-38-36-53(37-39-54)69(50-20-6-2-7-21-50)51-22-8-3-9-23-51/h1-44H. The maximum atomic E-state index is 5.45. The van der Waals surface area contributed by atoms with E-state index < -0.39 is 0 Å². The fourth-order valence-corrected chi connectivity index (χ4v) is 10.3. The van der Waals surface area contributed by atoms with E-state index in [1.807, 2.05) is 0 Å². The van der Waals surface area contributed by atoms with Crippen LogP contribution in [0.25, 0.3) is 87.8 Å². The lowest BCUT2D eigenvalue weighted by atomic mass is 9.93. The van der Waals surface area contributed by atoms with Gasteiger partial charge in [0, 0.05) is 61.4 Å². The van der Waals surface area contributed by atoms with Crippen LogP contribution in [0.2, 0.25) is 0 Å². The fraction of sp³-hybridized carbons (Fsp3) is 0. The Hall–Kier alpha value is -9.38. The van der Waals surface area contributed by atoms with Crippen molar-refractivity contribution in [3.8, 4) is 33.5 Å². The van der Waals surface area contributed by atoms with E-state index in [2.05, 4.69) is 277 Å². The summed E-state index contributed by atoms with van der Waals surface area (Å²) in [6, 6.07) is 95.3. The third-order valence-electron chi connectivity index (χ3n) is 13.6. The van der Waals surface area contributed by atoms with Crippen LogP contribution in [0.4, 0.5) is 34.1 Å². The van der Waals surface area contributed by atoms with Crippen molar-refractivity contribution in [1.29, 1.82) is 0 Å². The molecule has 0 fully saturated rings. The Morgan fingerprint density at radius 2 is 0.743 bits per heavy atom. The number of fused-ring (bicyclic) bond motifs is 6. The highest BCUT2D eigenvalue weighted by Crippen LogP contribution is 2.43. The van der Waals surface area contributed by atoms with Gasteiger partial charge in [-0.1, -0.05) is 182 Å². The molecule has 4 heteroatoms. The quantitative estimate of drug-likeness (QED) is 0.107. The van der Waals surface area contributed by atoms with Crippen LogP contribution in [0.3, 0.4) is 0 Å². The summed E-state index contributed by atoms with van der Waals surface area (Å²) >= 11 is 0. The number of para-hydroxylation sites is 3. The molecule has 0 aliphatic heterocycles. The minimum absolute atomic E-state index is 0.900. The number of benzene rings is 11. The highest BCUT2D eigenvalue weighted by atomic mass is 15.2. The SMILES string of the molecule is c1ccc(-c2c3ccccc3nc3c2ccc2ccc(-c4ccc(-c5ccc(N(c6ccc(N(c7ccccc7)c7ccccc7)cc6)c6ccc7ccccc7c6)cc5)c5ccccc45)nc23)cc1. The monoisotopic (exact) mass is 892 g/mol. The summed E-state index contributed by atoms with van der Waals surface area (Å²) in [6.45, 7) is 0. The van der Waals surface area contributed by atoms with E-state index in [9.17, 15) is 0 Å². The molecular weight excluding hydrogens is 849 g/mol. The zero-order valence-corrected chi connectivity index (χ0v) is 38.2. The predicted molar refractivity (Wildman–Crippen MR) is 295 cm³/mol. The molecule has 0 unspecified atom stereocenters. The fourth-order valence-electron chi connectivity index (χ4n) is 10.3. The van der Waals surface area contributed by atoms with Gasteiger partial charge in [-0.2, -0.15) is 0 Å². The molecule has 0 radical (unpaired) electrons. The first-order chi connectivity index (χ1) is 34.7. The van der Waals surface area contributed by atoms with E-state index >= 15 is 0 Å². The van der Waals surface area contributed by atoms with E-state index in [4.69, 9.17) is 9.97 Å². The van der Waals surface area contributed by atoms with Crippen LogP contribution >= 0.6 is 0 Å². The van der Waals surface area contributed by atoms with Gasteiger partial charge < -0.3 is 9.80 Å². The van der Waals surface area contributed by atoms with Gasteiger partial charge in [0.1, 0.15) is 0 Å². The molecule has 0 amide bonds. The average molecular weight is 893 g/mol. The molecule has 0 atom stereocenters. The summed E-state index contributed by atoms with van der Waals surface area (Å²) in [5.41, 5.74) is 16.0. The van der Waals surface area contributed by atoms with Crippen LogP contribution in [0, 0.1) is 0 Å². The Labute approximate surface area is 406 Å². The summed E-state index contributed by atoms with van der Waals surface area (Å²) < 4.78 is 0. The lowest BCUT2D eigenvalue weighted by Crippen LogP contribution is -2.12. The molecule has 0 saturated carbocycles. The van der Waals surface area contributed by atoms with Crippen LogP contribution in [0.5, 0.6) is 0 Å². The van der Waals surface area contributed by atoms with Crippen LogP contribution < -0.4 is 9.80 Å². The van der Waals surface area contributed by atoms with Crippen molar-refractivity contribution in [2.45, 2.75) is 0 Å². The molecule has 0 saturated heterocycles. The first kappa shape index (κ1) is 40.9. The first-order valence-corrected chi connectivity index (χ1v) is 23.8. The van der Waals surface area contributed by atoms with Crippen molar-refractivity contribution in [3.63, 3.8) is 0 Å². The molecule has 2 aromatic heterocycles. The van der Waals surface area contributed by atoms with Crippen molar-refractivity contribution in [1.82, 2.24) is 9.97 Å². The second kappa shape index (κ2) is 17.4. The number of hydrogen-bond donors (Lipinski definition) is 0. The third kappa shape index (κ3) is 7.27. The van der Waals surface area contributed by atoms with Crippen molar-refractivity contribution in [2.24, 2.45) is 0 Å². The van der Waals surface area contributed by atoms with E-state index in [0.29, 0.717) is 0 Å². The number of aromatic nitrogens is 2. The van der Waals surface area contributed by atoms with E-state index in [1.165, 1.54) is 32.8 Å². The second-order valence-electron chi connectivity index (χ2n) is 17.7. The van der Waals surface area contributed by atoms with Crippen molar-refractivity contribution >= 4 is 88.4 Å². The molecule has 4 nitrogen and oxygen atoms in total. The summed E-state index contributed by atoms with van der Waals surface area (Å²) in [4.78, 5) is 15.4. The van der Waals surface area contributed by atoms with Gasteiger partial charge in [0.25, 0.3) is 0 Å².